The molecule has 0 spiro atoms. The van der Waals surface area contributed by atoms with Gasteiger partial charge in [0, 0.05) is 44.0 Å². The number of aryl methyl sites for hydroxylation is 1. The maximum absolute atomic E-state index is 4.55. The lowest BCUT2D eigenvalue weighted by molar-refractivity contribution is 0.153. The number of halogens is 1. The van der Waals surface area contributed by atoms with Crippen LogP contribution in [0.15, 0.2) is 36.7 Å². The largest absolute Gasteiger partial charge is 0.314 e. The SMILES string of the molecule is CCc1ccc(C2CNCCN2Cc2cnn(C(C)(C)C)c2)cc1.Cl. The van der Waals surface area contributed by atoms with Crippen molar-refractivity contribution in [2.45, 2.75) is 52.2 Å². The molecule has 0 amide bonds. The van der Waals surface area contributed by atoms with E-state index in [0.717, 1.165) is 32.6 Å². The van der Waals surface area contributed by atoms with Gasteiger partial charge in [0.15, 0.2) is 0 Å². The highest BCUT2D eigenvalue weighted by atomic mass is 35.5. The molecule has 2 heterocycles. The standard InChI is InChI=1S/C20H30N4.ClH/c1-5-16-6-8-18(9-7-16)19-13-21-10-11-23(19)14-17-12-22-24(15-17)20(2,3)4;/h6-9,12,15,19,21H,5,10-11,13-14H2,1-4H3;1H. The molecular formula is C20H31ClN4. The maximum atomic E-state index is 4.55. The number of piperazine rings is 1. The predicted octanol–water partition coefficient (Wildman–Crippen LogP) is 3.77. The molecule has 5 heteroatoms. The third-order valence-corrected chi connectivity index (χ3v) is 4.84. The number of nitrogens with zero attached hydrogens (tertiary/aromatic N) is 3. The van der Waals surface area contributed by atoms with E-state index < -0.39 is 0 Å². The fraction of sp³-hybridized carbons (Fsp3) is 0.550. The monoisotopic (exact) mass is 362 g/mol. The van der Waals surface area contributed by atoms with E-state index in [1.54, 1.807) is 0 Å². The maximum Gasteiger partial charge on any atom is 0.0543 e. The molecule has 0 bridgehead atoms. The van der Waals surface area contributed by atoms with Crippen LogP contribution in [0.4, 0.5) is 0 Å². The molecule has 0 aliphatic carbocycles. The minimum absolute atomic E-state index is 0. The van der Waals surface area contributed by atoms with Gasteiger partial charge in [0.05, 0.1) is 11.7 Å². The Morgan fingerprint density at radius 2 is 1.88 bits per heavy atom. The van der Waals surface area contributed by atoms with Crippen molar-refractivity contribution in [2.24, 2.45) is 0 Å². The first-order valence-corrected chi connectivity index (χ1v) is 9.05. The molecule has 0 radical (unpaired) electrons. The summed E-state index contributed by atoms with van der Waals surface area (Å²) in [7, 11) is 0. The second-order valence-corrected chi connectivity index (χ2v) is 7.75. The normalized spacial score (nSPS) is 18.8. The summed E-state index contributed by atoms with van der Waals surface area (Å²) in [6.45, 7) is 12.9. The topological polar surface area (TPSA) is 33.1 Å². The molecule has 1 aromatic carbocycles. The highest BCUT2D eigenvalue weighted by molar-refractivity contribution is 5.85. The van der Waals surface area contributed by atoms with E-state index >= 15 is 0 Å². The van der Waals surface area contributed by atoms with Crippen LogP contribution in [0, 0.1) is 0 Å². The lowest BCUT2D eigenvalue weighted by atomic mass is 10.0. The fourth-order valence-electron chi connectivity index (χ4n) is 3.28. The van der Waals surface area contributed by atoms with Crippen LogP contribution in [0.3, 0.4) is 0 Å². The molecule has 1 aliphatic heterocycles. The molecule has 1 saturated heterocycles. The minimum Gasteiger partial charge on any atom is -0.314 e. The average molecular weight is 363 g/mol. The van der Waals surface area contributed by atoms with Crippen molar-refractivity contribution in [3.05, 3.63) is 53.3 Å². The molecule has 3 rings (SSSR count). The van der Waals surface area contributed by atoms with E-state index in [2.05, 4.69) is 78.2 Å². The molecule has 1 N–H and O–H groups in total. The van der Waals surface area contributed by atoms with Gasteiger partial charge < -0.3 is 5.32 Å². The van der Waals surface area contributed by atoms with Gasteiger partial charge in [-0.3, -0.25) is 9.58 Å². The van der Waals surface area contributed by atoms with Crippen LogP contribution >= 0.6 is 12.4 Å². The van der Waals surface area contributed by atoms with Crippen LogP contribution < -0.4 is 5.32 Å². The number of hydrogen-bond donors (Lipinski definition) is 1. The van der Waals surface area contributed by atoms with Crippen molar-refractivity contribution in [1.82, 2.24) is 20.0 Å². The molecule has 1 atom stereocenters. The average Bonchev–Trinajstić information content (AvgIpc) is 3.04. The van der Waals surface area contributed by atoms with Crippen LogP contribution in [0.25, 0.3) is 0 Å². The van der Waals surface area contributed by atoms with Gasteiger partial charge in [-0.15, -0.1) is 12.4 Å². The van der Waals surface area contributed by atoms with Gasteiger partial charge in [0.2, 0.25) is 0 Å². The number of benzene rings is 1. The number of rotatable bonds is 4. The van der Waals surface area contributed by atoms with Gasteiger partial charge in [0.1, 0.15) is 0 Å². The molecule has 1 aliphatic rings. The van der Waals surface area contributed by atoms with Crippen LogP contribution in [0.5, 0.6) is 0 Å². The zero-order chi connectivity index (χ0) is 17.2. The summed E-state index contributed by atoms with van der Waals surface area (Å²) in [4.78, 5) is 2.57. The second kappa shape index (κ2) is 8.35. The summed E-state index contributed by atoms with van der Waals surface area (Å²) < 4.78 is 2.07. The van der Waals surface area contributed by atoms with Crippen molar-refractivity contribution in [3.8, 4) is 0 Å². The Labute approximate surface area is 158 Å². The number of nitrogens with one attached hydrogen (secondary N) is 1. The fourth-order valence-corrected chi connectivity index (χ4v) is 3.28. The van der Waals surface area contributed by atoms with Crippen molar-refractivity contribution in [2.75, 3.05) is 19.6 Å². The first kappa shape index (κ1) is 20.0. The first-order valence-electron chi connectivity index (χ1n) is 9.05. The van der Waals surface area contributed by atoms with E-state index in [1.165, 1.54) is 16.7 Å². The summed E-state index contributed by atoms with van der Waals surface area (Å²) in [5, 5.41) is 8.09. The lowest BCUT2D eigenvalue weighted by Gasteiger charge is -2.36. The summed E-state index contributed by atoms with van der Waals surface area (Å²) in [6, 6.07) is 9.55. The van der Waals surface area contributed by atoms with Crippen molar-refractivity contribution in [1.29, 1.82) is 0 Å². The van der Waals surface area contributed by atoms with Gasteiger partial charge in [-0.1, -0.05) is 31.2 Å². The molecule has 4 nitrogen and oxygen atoms in total. The Bertz CT molecular complexity index is 657. The number of hydrogen-bond acceptors (Lipinski definition) is 3. The van der Waals surface area contributed by atoms with E-state index in [0.29, 0.717) is 6.04 Å². The van der Waals surface area contributed by atoms with E-state index in [1.807, 2.05) is 6.20 Å². The molecule has 1 fully saturated rings. The molecule has 2 aromatic rings. The van der Waals surface area contributed by atoms with Gasteiger partial charge in [0.25, 0.3) is 0 Å². The van der Waals surface area contributed by atoms with E-state index in [4.69, 9.17) is 0 Å². The molecule has 138 valence electrons. The Morgan fingerprint density at radius 3 is 2.48 bits per heavy atom. The minimum atomic E-state index is 0. The zero-order valence-electron chi connectivity index (χ0n) is 15.8. The molecule has 0 saturated carbocycles. The van der Waals surface area contributed by atoms with Crippen molar-refractivity contribution in [3.63, 3.8) is 0 Å². The molecule has 1 unspecified atom stereocenters. The first-order chi connectivity index (χ1) is 11.5. The van der Waals surface area contributed by atoms with Crippen LogP contribution in [0.2, 0.25) is 0 Å². The van der Waals surface area contributed by atoms with Crippen LogP contribution in [-0.2, 0) is 18.5 Å². The smallest absolute Gasteiger partial charge is 0.0543 e. The summed E-state index contributed by atoms with van der Waals surface area (Å²) >= 11 is 0. The summed E-state index contributed by atoms with van der Waals surface area (Å²) in [5.74, 6) is 0. The summed E-state index contributed by atoms with van der Waals surface area (Å²) in [5.41, 5.74) is 4.14. The Morgan fingerprint density at radius 1 is 1.16 bits per heavy atom. The third-order valence-electron chi connectivity index (χ3n) is 4.84. The lowest BCUT2D eigenvalue weighted by Crippen LogP contribution is -2.45. The predicted molar refractivity (Wildman–Crippen MR) is 106 cm³/mol. The van der Waals surface area contributed by atoms with Crippen molar-refractivity contribution >= 4 is 12.4 Å². The third kappa shape index (κ3) is 4.84. The van der Waals surface area contributed by atoms with Gasteiger partial charge >= 0.3 is 0 Å². The quantitative estimate of drug-likeness (QED) is 0.898. The zero-order valence-corrected chi connectivity index (χ0v) is 16.6. The van der Waals surface area contributed by atoms with E-state index in [-0.39, 0.29) is 17.9 Å². The van der Waals surface area contributed by atoms with Crippen LogP contribution in [0.1, 0.15) is 50.4 Å². The van der Waals surface area contributed by atoms with Gasteiger partial charge in [-0.25, -0.2) is 0 Å². The number of aromatic nitrogens is 2. The highest BCUT2D eigenvalue weighted by Gasteiger charge is 2.24. The Hall–Kier alpha value is -1.36. The summed E-state index contributed by atoms with van der Waals surface area (Å²) in [6.07, 6.45) is 5.31. The molecule has 1 aromatic heterocycles. The Kier molecular flexibility index (Phi) is 6.66. The van der Waals surface area contributed by atoms with Crippen molar-refractivity contribution < 1.29 is 0 Å². The second-order valence-electron chi connectivity index (χ2n) is 7.75. The van der Waals surface area contributed by atoms with Gasteiger partial charge in [-0.2, -0.15) is 5.10 Å². The van der Waals surface area contributed by atoms with Gasteiger partial charge in [-0.05, 0) is 38.3 Å². The molecule has 25 heavy (non-hydrogen) atoms. The Balaban J connectivity index is 0.00000225. The van der Waals surface area contributed by atoms with Crippen LogP contribution in [-0.4, -0.2) is 34.3 Å². The highest BCUT2D eigenvalue weighted by Crippen LogP contribution is 2.25. The van der Waals surface area contributed by atoms with E-state index in [9.17, 15) is 0 Å². The molecular weight excluding hydrogens is 332 g/mol.